The summed E-state index contributed by atoms with van der Waals surface area (Å²) in [6, 6.07) is 0.699. The summed E-state index contributed by atoms with van der Waals surface area (Å²) in [5.41, 5.74) is 1.03. The molecule has 2 rings (SSSR count). The van der Waals surface area contributed by atoms with Crippen LogP contribution in [0.3, 0.4) is 0 Å². The summed E-state index contributed by atoms with van der Waals surface area (Å²) in [5.74, 6) is 0. The Morgan fingerprint density at radius 3 is 2.27 bits per heavy atom. The minimum absolute atomic E-state index is 0.494. The van der Waals surface area contributed by atoms with Crippen molar-refractivity contribution in [2.45, 2.75) is 47.1 Å². The summed E-state index contributed by atoms with van der Waals surface area (Å²) in [6.45, 7) is 14.9. The van der Waals surface area contributed by atoms with Gasteiger partial charge in [0, 0.05) is 25.7 Å². The molecule has 0 radical (unpaired) electrons. The van der Waals surface area contributed by atoms with Crippen molar-refractivity contribution in [2.75, 3.05) is 26.7 Å². The van der Waals surface area contributed by atoms with Crippen molar-refractivity contribution < 1.29 is 0 Å². The molecule has 2 aliphatic rings. The third kappa shape index (κ3) is 2.21. The molecule has 0 saturated carbocycles. The van der Waals surface area contributed by atoms with Gasteiger partial charge in [0.15, 0.2) is 0 Å². The Kier molecular flexibility index (Phi) is 3.83. The first kappa shape index (κ1) is 13.0. The van der Waals surface area contributed by atoms with Crippen LogP contribution >= 0.6 is 0 Å². The van der Waals surface area contributed by atoms with Crippen LogP contribution in [-0.2, 0) is 0 Å². The zero-order valence-electron chi connectivity index (χ0n) is 11.4. The van der Waals surface area contributed by atoms with Crippen molar-refractivity contribution in [3.05, 3.63) is 0 Å². The van der Waals surface area contributed by atoms with Gasteiger partial charge >= 0.3 is 0 Å². The first-order chi connectivity index (χ1) is 6.95. The Balaban J connectivity index is 0.000000531. The molecule has 2 nitrogen and oxygen atoms in total. The second-order valence-corrected chi connectivity index (χ2v) is 5.78. The molecule has 1 N–H and O–H groups in total. The largest absolute Gasteiger partial charge is 0.314 e. The molecule has 3 atom stereocenters. The standard InChI is InChI=1S/C11H22N2.C2H6/c1-9-5-10(2)7-13(4)8-11(10,3)6-12-9;1-2/h9,12H,5-8H2,1-4H3;1-2H3. The van der Waals surface area contributed by atoms with E-state index in [9.17, 15) is 0 Å². The van der Waals surface area contributed by atoms with E-state index >= 15 is 0 Å². The molecule has 2 heteroatoms. The number of likely N-dealkylation sites (tertiary alicyclic amines) is 1. The maximum atomic E-state index is 3.61. The summed E-state index contributed by atoms with van der Waals surface area (Å²) in [7, 11) is 2.25. The smallest absolute Gasteiger partial charge is 0.00504 e. The fourth-order valence-electron chi connectivity index (χ4n) is 3.36. The summed E-state index contributed by atoms with van der Waals surface area (Å²) in [6.07, 6.45) is 1.33. The van der Waals surface area contributed by atoms with Gasteiger partial charge in [0.05, 0.1) is 0 Å². The molecule has 0 spiro atoms. The van der Waals surface area contributed by atoms with E-state index in [-0.39, 0.29) is 0 Å². The number of nitrogens with zero attached hydrogens (tertiary/aromatic N) is 1. The lowest BCUT2D eigenvalue weighted by Crippen LogP contribution is -2.53. The molecule has 2 saturated heterocycles. The summed E-state index contributed by atoms with van der Waals surface area (Å²) < 4.78 is 0. The van der Waals surface area contributed by atoms with Gasteiger partial charge in [0.2, 0.25) is 0 Å². The molecular weight excluding hydrogens is 184 g/mol. The number of hydrogen-bond donors (Lipinski definition) is 1. The van der Waals surface area contributed by atoms with Gasteiger partial charge in [0.25, 0.3) is 0 Å². The zero-order valence-corrected chi connectivity index (χ0v) is 11.4. The Labute approximate surface area is 95.4 Å². The van der Waals surface area contributed by atoms with Gasteiger partial charge in [-0.25, -0.2) is 0 Å². The van der Waals surface area contributed by atoms with Crippen molar-refractivity contribution >= 4 is 0 Å². The maximum Gasteiger partial charge on any atom is 0.00504 e. The van der Waals surface area contributed by atoms with E-state index in [2.05, 4.69) is 38.0 Å². The average Bonchev–Trinajstić information content (AvgIpc) is 2.38. The topological polar surface area (TPSA) is 15.3 Å². The first-order valence-electron chi connectivity index (χ1n) is 6.37. The SMILES string of the molecule is CC.CC1CC2(C)CN(C)CC2(C)CN1. The van der Waals surface area contributed by atoms with E-state index in [4.69, 9.17) is 0 Å². The fraction of sp³-hybridized carbons (Fsp3) is 1.00. The Bertz CT molecular complexity index is 217. The van der Waals surface area contributed by atoms with Crippen LogP contribution in [0.4, 0.5) is 0 Å². The number of nitrogens with one attached hydrogen (secondary N) is 1. The van der Waals surface area contributed by atoms with Gasteiger partial charge in [-0.05, 0) is 31.2 Å². The van der Waals surface area contributed by atoms with Crippen molar-refractivity contribution in [1.29, 1.82) is 0 Å². The number of rotatable bonds is 0. The van der Waals surface area contributed by atoms with Crippen LogP contribution in [0.25, 0.3) is 0 Å². The van der Waals surface area contributed by atoms with Gasteiger partial charge in [0.1, 0.15) is 0 Å². The molecular formula is C13H28N2. The number of fused-ring (bicyclic) bond motifs is 1. The highest BCUT2D eigenvalue weighted by atomic mass is 15.2. The van der Waals surface area contributed by atoms with Crippen LogP contribution in [0.5, 0.6) is 0 Å². The molecule has 0 aromatic heterocycles. The number of hydrogen-bond acceptors (Lipinski definition) is 2. The van der Waals surface area contributed by atoms with Crippen LogP contribution in [0.1, 0.15) is 41.0 Å². The van der Waals surface area contributed by atoms with E-state index in [0.717, 1.165) is 0 Å². The lowest BCUT2D eigenvalue weighted by Gasteiger charge is -2.47. The lowest BCUT2D eigenvalue weighted by molar-refractivity contribution is 0.0669. The zero-order chi connectivity index (χ0) is 11.7. The van der Waals surface area contributed by atoms with Crippen LogP contribution < -0.4 is 5.32 Å². The molecule has 0 amide bonds. The van der Waals surface area contributed by atoms with Gasteiger partial charge in [-0.1, -0.05) is 27.7 Å². The molecule has 0 aromatic carbocycles. The minimum Gasteiger partial charge on any atom is -0.314 e. The van der Waals surface area contributed by atoms with Gasteiger partial charge in [-0.15, -0.1) is 0 Å². The summed E-state index contributed by atoms with van der Waals surface area (Å²) >= 11 is 0. The maximum absolute atomic E-state index is 3.61. The van der Waals surface area contributed by atoms with E-state index in [1.807, 2.05) is 13.8 Å². The van der Waals surface area contributed by atoms with Crippen molar-refractivity contribution in [1.82, 2.24) is 10.2 Å². The van der Waals surface area contributed by atoms with Crippen molar-refractivity contribution in [3.8, 4) is 0 Å². The van der Waals surface area contributed by atoms with Crippen molar-refractivity contribution in [3.63, 3.8) is 0 Å². The first-order valence-corrected chi connectivity index (χ1v) is 6.37. The average molecular weight is 212 g/mol. The predicted octanol–water partition coefficient (Wildman–Crippen LogP) is 2.35. The molecule has 0 aromatic rings. The highest BCUT2D eigenvalue weighted by molar-refractivity contribution is 5.06. The molecule has 2 heterocycles. The van der Waals surface area contributed by atoms with E-state index in [0.29, 0.717) is 16.9 Å². The fourth-order valence-corrected chi connectivity index (χ4v) is 3.36. The summed E-state index contributed by atoms with van der Waals surface area (Å²) in [5, 5.41) is 3.61. The van der Waals surface area contributed by atoms with Crippen LogP contribution in [0, 0.1) is 10.8 Å². The molecule has 3 unspecified atom stereocenters. The van der Waals surface area contributed by atoms with E-state index < -0.39 is 0 Å². The van der Waals surface area contributed by atoms with Gasteiger partial charge < -0.3 is 10.2 Å². The highest BCUT2D eigenvalue weighted by Crippen LogP contribution is 2.50. The monoisotopic (exact) mass is 212 g/mol. The Morgan fingerprint density at radius 1 is 1.13 bits per heavy atom. The molecule has 2 aliphatic heterocycles. The Hall–Kier alpha value is -0.0800. The van der Waals surface area contributed by atoms with Gasteiger partial charge in [-0.3, -0.25) is 0 Å². The molecule has 0 bridgehead atoms. The third-order valence-corrected chi connectivity index (χ3v) is 4.29. The summed E-state index contributed by atoms with van der Waals surface area (Å²) in [4.78, 5) is 2.49. The molecule has 2 fully saturated rings. The van der Waals surface area contributed by atoms with E-state index in [1.54, 1.807) is 0 Å². The highest BCUT2D eigenvalue weighted by Gasteiger charge is 2.53. The molecule has 90 valence electrons. The Morgan fingerprint density at radius 2 is 1.67 bits per heavy atom. The quantitative estimate of drug-likeness (QED) is 0.663. The number of piperidine rings is 1. The predicted molar refractivity (Wildman–Crippen MR) is 67.1 cm³/mol. The van der Waals surface area contributed by atoms with Crippen LogP contribution in [-0.4, -0.2) is 37.6 Å². The van der Waals surface area contributed by atoms with Crippen LogP contribution in [0.2, 0.25) is 0 Å². The second-order valence-electron chi connectivity index (χ2n) is 5.78. The normalized spacial score (nSPS) is 45.6. The second kappa shape index (κ2) is 4.42. The van der Waals surface area contributed by atoms with Gasteiger partial charge in [-0.2, -0.15) is 0 Å². The molecule has 15 heavy (non-hydrogen) atoms. The van der Waals surface area contributed by atoms with E-state index in [1.165, 1.54) is 26.1 Å². The lowest BCUT2D eigenvalue weighted by atomic mass is 9.63. The minimum atomic E-state index is 0.494. The van der Waals surface area contributed by atoms with Crippen molar-refractivity contribution in [2.24, 2.45) is 10.8 Å². The third-order valence-electron chi connectivity index (χ3n) is 4.29. The molecule has 0 aliphatic carbocycles. The van der Waals surface area contributed by atoms with Crippen LogP contribution in [0.15, 0.2) is 0 Å².